The van der Waals surface area contributed by atoms with Crippen molar-refractivity contribution >= 4 is 21.4 Å². The third-order valence-electron chi connectivity index (χ3n) is 5.65. The van der Waals surface area contributed by atoms with Gasteiger partial charge in [0, 0.05) is 52.4 Å². The number of aromatic nitrogens is 2. The first-order valence-electron chi connectivity index (χ1n) is 9.55. The zero-order valence-electron chi connectivity index (χ0n) is 16.1. The number of halogens is 3. The van der Waals surface area contributed by atoms with Crippen LogP contribution >= 0.6 is 11.3 Å². The summed E-state index contributed by atoms with van der Waals surface area (Å²) in [7, 11) is 2.07. The van der Waals surface area contributed by atoms with Gasteiger partial charge in [0.1, 0.15) is 6.33 Å². The van der Waals surface area contributed by atoms with E-state index in [9.17, 15) is 13.2 Å². The van der Waals surface area contributed by atoms with Gasteiger partial charge in [-0.15, -0.1) is 11.3 Å². The first-order valence-corrected chi connectivity index (χ1v) is 10.4. The van der Waals surface area contributed by atoms with E-state index < -0.39 is 11.7 Å². The standard InChI is InChI=1S/C23H18F3N3S/c1-29-10-16-6-14(17-8-27-13-28-9-17)2-4-18(16)20(11-29)15-3-5-19-21(23(24,25)26)12-30-22(19)7-15/h2-9,12-13,20H,10-11H2,1H3. The molecule has 5 rings (SSSR count). The highest BCUT2D eigenvalue weighted by Gasteiger charge is 2.34. The summed E-state index contributed by atoms with van der Waals surface area (Å²) in [5.74, 6) is 0.112. The van der Waals surface area contributed by atoms with Crippen LogP contribution in [0.1, 0.15) is 28.2 Å². The van der Waals surface area contributed by atoms with Crippen LogP contribution in [0, 0.1) is 0 Å². The minimum atomic E-state index is -4.32. The van der Waals surface area contributed by atoms with Crippen molar-refractivity contribution in [1.82, 2.24) is 14.9 Å². The highest BCUT2D eigenvalue weighted by atomic mass is 32.1. The first-order chi connectivity index (χ1) is 14.4. The van der Waals surface area contributed by atoms with Crippen molar-refractivity contribution in [3.63, 3.8) is 0 Å². The van der Waals surface area contributed by atoms with Crippen LogP contribution in [-0.2, 0) is 12.7 Å². The Labute approximate surface area is 175 Å². The average molecular weight is 425 g/mol. The maximum absolute atomic E-state index is 13.2. The van der Waals surface area contributed by atoms with Gasteiger partial charge in [0.25, 0.3) is 0 Å². The van der Waals surface area contributed by atoms with Gasteiger partial charge in [0.2, 0.25) is 0 Å². The topological polar surface area (TPSA) is 29.0 Å². The molecule has 30 heavy (non-hydrogen) atoms. The highest BCUT2D eigenvalue weighted by molar-refractivity contribution is 7.17. The maximum atomic E-state index is 13.2. The Kier molecular flexibility index (Phi) is 4.60. The van der Waals surface area contributed by atoms with Crippen molar-refractivity contribution in [2.75, 3.05) is 13.6 Å². The zero-order chi connectivity index (χ0) is 20.9. The number of likely N-dealkylation sites (N-methyl/N-ethyl adjacent to an activating group) is 1. The monoisotopic (exact) mass is 425 g/mol. The summed E-state index contributed by atoms with van der Waals surface area (Å²) in [5, 5.41) is 1.49. The molecule has 0 spiro atoms. The summed E-state index contributed by atoms with van der Waals surface area (Å²) < 4.78 is 40.3. The van der Waals surface area contributed by atoms with Gasteiger partial charge in [-0.3, -0.25) is 0 Å². The summed E-state index contributed by atoms with van der Waals surface area (Å²) in [6.07, 6.45) is 0.773. The molecule has 1 unspecified atom stereocenters. The van der Waals surface area contributed by atoms with Gasteiger partial charge >= 0.3 is 6.18 Å². The molecule has 3 heterocycles. The molecule has 0 N–H and O–H groups in total. The molecule has 3 nitrogen and oxygen atoms in total. The van der Waals surface area contributed by atoms with Crippen LogP contribution < -0.4 is 0 Å². The average Bonchev–Trinajstić information content (AvgIpc) is 3.17. The second-order valence-corrected chi connectivity index (χ2v) is 8.60. The Bertz CT molecular complexity index is 1220. The van der Waals surface area contributed by atoms with Gasteiger partial charge in [-0.2, -0.15) is 13.2 Å². The highest BCUT2D eigenvalue weighted by Crippen LogP contribution is 2.41. The van der Waals surface area contributed by atoms with Gasteiger partial charge in [0.15, 0.2) is 0 Å². The second-order valence-electron chi connectivity index (χ2n) is 7.69. The summed E-state index contributed by atoms with van der Waals surface area (Å²) >= 11 is 1.15. The Morgan fingerprint density at radius 3 is 2.60 bits per heavy atom. The zero-order valence-corrected chi connectivity index (χ0v) is 17.0. The Morgan fingerprint density at radius 2 is 1.83 bits per heavy atom. The third kappa shape index (κ3) is 3.38. The van der Waals surface area contributed by atoms with Gasteiger partial charge < -0.3 is 4.90 Å². The van der Waals surface area contributed by atoms with Crippen LogP contribution in [0.3, 0.4) is 0 Å². The predicted molar refractivity (Wildman–Crippen MR) is 112 cm³/mol. The van der Waals surface area contributed by atoms with Gasteiger partial charge in [-0.05, 0) is 41.4 Å². The maximum Gasteiger partial charge on any atom is 0.417 e. The molecule has 0 radical (unpaired) electrons. The number of rotatable bonds is 2. The van der Waals surface area contributed by atoms with Crippen LogP contribution in [0.4, 0.5) is 13.2 Å². The van der Waals surface area contributed by atoms with Crippen molar-refractivity contribution in [2.45, 2.75) is 18.6 Å². The Balaban J connectivity index is 1.56. The number of hydrogen-bond acceptors (Lipinski definition) is 4. The molecule has 7 heteroatoms. The lowest BCUT2D eigenvalue weighted by atomic mass is 9.83. The molecule has 2 aromatic heterocycles. The van der Waals surface area contributed by atoms with E-state index in [2.05, 4.69) is 40.1 Å². The van der Waals surface area contributed by atoms with Crippen LogP contribution in [0.15, 0.2) is 60.5 Å². The molecular weight excluding hydrogens is 407 g/mol. The largest absolute Gasteiger partial charge is 0.417 e. The molecule has 0 saturated heterocycles. The lowest BCUT2D eigenvalue weighted by molar-refractivity contribution is -0.136. The van der Waals surface area contributed by atoms with E-state index in [0.717, 1.165) is 41.1 Å². The second kappa shape index (κ2) is 7.18. The van der Waals surface area contributed by atoms with E-state index in [4.69, 9.17) is 0 Å². The number of alkyl halides is 3. The smallest absolute Gasteiger partial charge is 0.301 e. The molecular formula is C23H18F3N3S. The van der Waals surface area contributed by atoms with Crippen molar-refractivity contribution in [3.8, 4) is 11.1 Å². The van der Waals surface area contributed by atoms with E-state index in [1.54, 1.807) is 18.5 Å². The number of nitrogens with zero attached hydrogens (tertiary/aromatic N) is 3. The molecule has 0 saturated carbocycles. The lowest BCUT2D eigenvalue weighted by Gasteiger charge is -2.33. The molecule has 0 bridgehead atoms. The Hall–Kier alpha value is -2.77. The van der Waals surface area contributed by atoms with Crippen molar-refractivity contribution in [3.05, 3.63) is 82.8 Å². The number of fused-ring (bicyclic) bond motifs is 2. The molecule has 1 aliphatic rings. The fourth-order valence-electron chi connectivity index (χ4n) is 4.24. The van der Waals surface area contributed by atoms with Crippen LogP contribution in [-0.4, -0.2) is 28.5 Å². The van der Waals surface area contributed by atoms with E-state index in [1.165, 1.54) is 22.8 Å². The van der Waals surface area contributed by atoms with Crippen LogP contribution in [0.5, 0.6) is 0 Å². The molecule has 2 aromatic carbocycles. The first kappa shape index (κ1) is 19.2. The van der Waals surface area contributed by atoms with Crippen LogP contribution in [0.2, 0.25) is 0 Å². The molecule has 0 fully saturated rings. The number of hydrogen-bond donors (Lipinski definition) is 0. The molecule has 0 aliphatic carbocycles. The summed E-state index contributed by atoms with van der Waals surface area (Å²) in [4.78, 5) is 10.4. The van der Waals surface area contributed by atoms with Gasteiger partial charge in [0.05, 0.1) is 5.56 Å². The van der Waals surface area contributed by atoms with E-state index in [-0.39, 0.29) is 11.3 Å². The van der Waals surface area contributed by atoms with Crippen molar-refractivity contribution in [2.24, 2.45) is 0 Å². The predicted octanol–water partition coefficient (Wildman–Crippen LogP) is 5.95. The quantitative estimate of drug-likeness (QED) is 0.397. The minimum Gasteiger partial charge on any atom is -0.301 e. The molecule has 1 atom stereocenters. The fourth-order valence-corrected chi connectivity index (χ4v) is 5.26. The molecule has 4 aromatic rings. The number of benzene rings is 2. The molecule has 0 amide bonds. The lowest BCUT2D eigenvalue weighted by Crippen LogP contribution is -2.31. The van der Waals surface area contributed by atoms with E-state index in [0.29, 0.717) is 4.70 Å². The normalized spacial score (nSPS) is 17.3. The summed E-state index contributed by atoms with van der Waals surface area (Å²) in [5.41, 5.74) is 4.96. The van der Waals surface area contributed by atoms with Crippen molar-refractivity contribution in [1.29, 1.82) is 0 Å². The van der Waals surface area contributed by atoms with E-state index >= 15 is 0 Å². The van der Waals surface area contributed by atoms with Crippen molar-refractivity contribution < 1.29 is 13.2 Å². The van der Waals surface area contributed by atoms with Gasteiger partial charge in [-0.1, -0.05) is 24.3 Å². The summed E-state index contributed by atoms with van der Waals surface area (Å²) in [6, 6.07) is 11.8. The van der Waals surface area contributed by atoms with Gasteiger partial charge in [-0.25, -0.2) is 9.97 Å². The molecule has 1 aliphatic heterocycles. The minimum absolute atomic E-state index is 0.112. The summed E-state index contributed by atoms with van der Waals surface area (Å²) in [6.45, 7) is 1.65. The SMILES string of the molecule is CN1Cc2cc(-c3cncnc3)ccc2C(c2ccc3c(C(F)(F)F)csc3c2)C1. The Morgan fingerprint density at radius 1 is 1.03 bits per heavy atom. The molecule has 152 valence electrons. The fraction of sp³-hybridized carbons (Fsp3) is 0.217. The third-order valence-corrected chi connectivity index (χ3v) is 6.60. The van der Waals surface area contributed by atoms with E-state index in [1.807, 2.05) is 12.1 Å². The number of thiophene rings is 1. The van der Waals surface area contributed by atoms with Crippen LogP contribution in [0.25, 0.3) is 21.2 Å².